The van der Waals surface area contributed by atoms with Crippen molar-refractivity contribution in [3.8, 4) is 0 Å². The van der Waals surface area contributed by atoms with E-state index in [4.69, 9.17) is 9.47 Å². The van der Waals surface area contributed by atoms with Gasteiger partial charge in [-0.05, 0) is 87.0 Å². The summed E-state index contributed by atoms with van der Waals surface area (Å²) in [6.07, 6.45) is 20.1. The molecule has 0 aromatic carbocycles. The second kappa shape index (κ2) is 13.0. The van der Waals surface area contributed by atoms with Crippen molar-refractivity contribution in [2.75, 3.05) is 13.2 Å². The molecule has 190 valence electrons. The van der Waals surface area contributed by atoms with Crippen LogP contribution in [0.4, 0.5) is 8.78 Å². The Bertz CT molecular complexity index is 572. The molecule has 0 aromatic heterocycles. The Morgan fingerprint density at radius 1 is 0.667 bits per heavy atom. The Morgan fingerprint density at radius 2 is 1.18 bits per heavy atom. The van der Waals surface area contributed by atoms with Gasteiger partial charge in [-0.2, -0.15) is 8.78 Å². The van der Waals surface area contributed by atoms with Crippen LogP contribution in [0.3, 0.4) is 0 Å². The maximum atomic E-state index is 12.4. The molecule has 0 spiro atoms. The van der Waals surface area contributed by atoms with Crippen LogP contribution < -0.4 is 0 Å². The zero-order chi connectivity index (χ0) is 23.0. The fraction of sp³-hybridized carbons (Fsp3) is 0.931. The van der Waals surface area contributed by atoms with Crippen molar-refractivity contribution in [2.45, 2.75) is 116 Å². The van der Waals surface area contributed by atoms with Crippen LogP contribution in [0.2, 0.25) is 0 Å². The topological polar surface area (TPSA) is 18.5 Å². The fourth-order valence-corrected chi connectivity index (χ4v) is 7.27. The molecule has 0 unspecified atom stereocenters. The first kappa shape index (κ1) is 25.6. The summed E-state index contributed by atoms with van der Waals surface area (Å²) in [4.78, 5) is 0. The third-order valence-corrected chi connectivity index (χ3v) is 9.68. The van der Waals surface area contributed by atoms with Crippen molar-refractivity contribution >= 4 is 0 Å². The first-order chi connectivity index (χ1) is 16.1. The summed E-state index contributed by atoms with van der Waals surface area (Å²) in [6.45, 7) is 4.21. The first-order valence-electron chi connectivity index (χ1n) is 14.3. The lowest BCUT2D eigenvalue weighted by molar-refractivity contribution is -0.237. The minimum Gasteiger partial charge on any atom is -0.352 e. The fourth-order valence-electron chi connectivity index (χ4n) is 7.27. The van der Waals surface area contributed by atoms with E-state index in [0.717, 1.165) is 62.6 Å². The quantitative estimate of drug-likeness (QED) is 0.333. The molecule has 0 radical (unpaired) electrons. The first-order valence-corrected chi connectivity index (χ1v) is 14.3. The van der Waals surface area contributed by atoms with Crippen LogP contribution in [0.1, 0.15) is 110 Å². The molecule has 3 aliphatic carbocycles. The van der Waals surface area contributed by atoms with E-state index < -0.39 is 6.08 Å². The molecule has 3 saturated carbocycles. The molecule has 4 fully saturated rings. The van der Waals surface area contributed by atoms with E-state index in [9.17, 15) is 8.78 Å². The molecule has 0 aromatic rings. The van der Waals surface area contributed by atoms with Crippen LogP contribution in [0.15, 0.2) is 12.2 Å². The van der Waals surface area contributed by atoms with Crippen molar-refractivity contribution in [2.24, 2.45) is 41.4 Å². The minimum atomic E-state index is -1.49. The number of hydrogen-bond donors (Lipinski definition) is 0. The summed E-state index contributed by atoms with van der Waals surface area (Å²) < 4.78 is 37.3. The van der Waals surface area contributed by atoms with Crippen molar-refractivity contribution in [1.82, 2.24) is 0 Å². The lowest BCUT2D eigenvalue weighted by Crippen LogP contribution is -2.41. The summed E-state index contributed by atoms with van der Waals surface area (Å²) in [5, 5.41) is 0. The van der Waals surface area contributed by atoms with E-state index in [1.807, 2.05) is 0 Å². The van der Waals surface area contributed by atoms with E-state index in [1.165, 1.54) is 83.1 Å². The number of allylic oxidation sites excluding steroid dienone is 1. The van der Waals surface area contributed by atoms with Gasteiger partial charge in [0.15, 0.2) is 6.29 Å². The number of halogens is 2. The summed E-state index contributed by atoms with van der Waals surface area (Å²) in [7, 11) is 0. The predicted molar refractivity (Wildman–Crippen MR) is 130 cm³/mol. The summed E-state index contributed by atoms with van der Waals surface area (Å²) >= 11 is 0. The summed E-state index contributed by atoms with van der Waals surface area (Å²) in [5.41, 5.74) is 0. The average molecular weight is 467 g/mol. The maximum Gasteiger partial charge on any atom is 0.266 e. The lowest BCUT2D eigenvalue weighted by atomic mass is 9.74. The second-order valence-corrected chi connectivity index (χ2v) is 12.1. The van der Waals surface area contributed by atoms with E-state index in [-0.39, 0.29) is 12.2 Å². The zero-order valence-corrected chi connectivity index (χ0v) is 21.0. The normalized spacial score (nSPS) is 40.3. The molecule has 33 heavy (non-hydrogen) atoms. The highest BCUT2D eigenvalue weighted by atomic mass is 19.3. The van der Waals surface area contributed by atoms with Crippen LogP contribution in [0, 0.1) is 41.4 Å². The van der Waals surface area contributed by atoms with E-state index in [1.54, 1.807) is 0 Å². The largest absolute Gasteiger partial charge is 0.352 e. The Balaban J connectivity index is 1.04. The van der Waals surface area contributed by atoms with Gasteiger partial charge in [0, 0.05) is 11.8 Å². The van der Waals surface area contributed by atoms with Crippen LogP contribution >= 0.6 is 0 Å². The molecule has 0 atom stereocenters. The molecular weight excluding hydrogens is 418 g/mol. The molecule has 0 bridgehead atoms. The molecule has 1 aliphatic heterocycles. The molecule has 0 amide bonds. The molecular formula is C29H48F2O2. The predicted octanol–water partition coefficient (Wildman–Crippen LogP) is 8.76. The Labute approximate surface area is 201 Å². The van der Waals surface area contributed by atoms with Crippen molar-refractivity contribution in [1.29, 1.82) is 0 Å². The molecule has 1 saturated heterocycles. The SMILES string of the molecule is CC1CCC(C2OCC(C3CCC(CCCCC4CCC(C=C(F)F)CC4)CC3)CO2)CC1. The van der Waals surface area contributed by atoms with Gasteiger partial charge in [-0.25, -0.2) is 0 Å². The van der Waals surface area contributed by atoms with Gasteiger partial charge in [0.1, 0.15) is 0 Å². The van der Waals surface area contributed by atoms with Gasteiger partial charge in [-0.15, -0.1) is 0 Å². The monoisotopic (exact) mass is 466 g/mol. The van der Waals surface area contributed by atoms with Crippen molar-refractivity contribution in [3.05, 3.63) is 12.2 Å². The molecule has 2 nitrogen and oxygen atoms in total. The molecule has 4 heteroatoms. The molecule has 4 rings (SSSR count). The van der Waals surface area contributed by atoms with Crippen molar-refractivity contribution in [3.63, 3.8) is 0 Å². The highest BCUT2D eigenvalue weighted by molar-refractivity contribution is 4.90. The molecule has 4 aliphatic rings. The van der Waals surface area contributed by atoms with Gasteiger partial charge in [0.05, 0.1) is 13.2 Å². The Hall–Kier alpha value is -0.480. The Morgan fingerprint density at radius 3 is 1.73 bits per heavy atom. The number of ether oxygens (including phenoxy) is 2. The summed E-state index contributed by atoms with van der Waals surface area (Å²) in [6, 6.07) is 0. The van der Waals surface area contributed by atoms with Crippen LogP contribution in [-0.4, -0.2) is 19.5 Å². The average Bonchev–Trinajstić information content (AvgIpc) is 2.84. The molecule has 0 N–H and O–H groups in total. The number of hydrogen-bond acceptors (Lipinski definition) is 2. The minimum absolute atomic E-state index is 0.0708. The maximum absolute atomic E-state index is 12.4. The summed E-state index contributed by atoms with van der Waals surface area (Å²) in [5.74, 6) is 4.74. The smallest absolute Gasteiger partial charge is 0.266 e. The van der Waals surface area contributed by atoms with Gasteiger partial charge in [-0.3, -0.25) is 0 Å². The van der Waals surface area contributed by atoms with Gasteiger partial charge < -0.3 is 9.47 Å². The van der Waals surface area contributed by atoms with Crippen molar-refractivity contribution < 1.29 is 18.3 Å². The van der Waals surface area contributed by atoms with Gasteiger partial charge in [-0.1, -0.05) is 58.3 Å². The number of unbranched alkanes of at least 4 members (excludes halogenated alkanes) is 1. The van der Waals surface area contributed by atoms with Crippen LogP contribution in [0.5, 0.6) is 0 Å². The van der Waals surface area contributed by atoms with Gasteiger partial charge in [0.25, 0.3) is 6.08 Å². The van der Waals surface area contributed by atoms with E-state index >= 15 is 0 Å². The van der Waals surface area contributed by atoms with Crippen LogP contribution in [0.25, 0.3) is 0 Å². The van der Waals surface area contributed by atoms with E-state index in [2.05, 4.69) is 6.92 Å². The number of rotatable bonds is 8. The van der Waals surface area contributed by atoms with E-state index in [0.29, 0.717) is 11.8 Å². The van der Waals surface area contributed by atoms with Gasteiger partial charge >= 0.3 is 0 Å². The third-order valence-electron chi connectivity index (χ3n) is 9.68. The second-order valence-electron chi connectivity index (χ2n) is 12.1. The van der Waals surface area contributed by atoms with Gasteiger partial charge in [0.2, 0.25) is 0 Å². The Kier molecular flexibility index (Phi) is 10.1. The highest BCUT2D eigenvalue weighted by Crippen LogP contribution is 2.40. The molecule has 1 heterocycles. The highest BCUT2D eigenvalue weighted by Gasteiger charge is 2.35. The van der Waals surface area contributed by atoms with Crippen LogP contribution in [-0.2, 0) is 9.47 Å². The third kappa shape index (κ3) is 8.02. The zero-order valence-electron chi connectivity index (χ0n) is 21.0. The lowest BCUT2D eigenvalue weighted by Gasteiger charge is -2.41. The standard InChI is InChI=1S/C29H48F2O2/c1-21-6-14-26(15-7-21)29-32-19-27(20-33-29)25-16-12-23(13-17-25)5-3-2-4-22-8-10-24(11-9-22)18-28(30)31/h18,21-27,29H,2-17,19-20H2,1H3.